The molecule has 1 saturated heterocycles. The number of carbonyl (C=O) groups is 1. The van der Waals surface area contributed by atoms with E-state index >= 15 is 0 Å². The topological polar surface area (TPSA) is 107 Å². The molecule has 2 rings (SSSR count). The Morgan fingerprint density at radius 1 is 1.52 bits per heavy atom. The van der Waals surface area contributed by atoms with Gasteiger partial charge in [-0.05, 0) is 12.5 Å². The number of nitro benzene ring substituents is 1. The van der Waals surface area contributed by atoms with Crippen LogP contribution in [0.3, 0.4) is 0 Å². The lowest BCUT2D eigenvalue weighted by molar-refractivity contribution is -0.384. The van der Waals surface area contributed by atoms with E-state index in [1.807, 2.05) is 0 Å². The van der Waals surface area contributed by atoms with Crippen molar-refractivity contribution in [2.75, 3.05) is 25.2 Å². The van der Waals surface area contributed by atoms with Gasteiger partial charge in [-0.1, -0.05) is 11.6 Å². The van der Waals surface area contributed by atoms with E-state index in [0.29, 0.717) is 6.42 Å². The number of hydrogen-bond acceptors (Lipinski definition) is 6. The van der Waals surface area contributed by atoms with Gasteiger partial charge >= 0.3 is 0 Å². The summed E-state index contributed by atoms with van der Waals surface area (Å²) >= 11 is 5.87. The van der Waals surface area contributed by atoms with Gasteiger partial charge in [-0.25, -0.2) is 8.42 Å². The van der Waals surface area contributed by atoms with Crippen molar-refractivity contribution in [3.63, 3.8) is 0 Å². The third-order valence-electron chi connectivity index (χ3n) is 3.63. The number of nitro groups is 1. The summed E-state index contributed by atoms with van der Waals surface area (Å²) in [5.74, 6) is -0.211. The van der Waals surface area contributed by atoms with Crippen LogP contribution in [-0.2, 0) is 14.6 Å². The number of sulfone groups is 1. The summed E-state index contributed by atoms with van der Waals surface area (Å²) in [6.45, 7) is -0.329. The summed E-state index contributed by atoms with van der Waals surface area (Å²) in [4.78, 5) is 23.4. The standard InChI is InChI=1S/C13H15ClN2O6S/c1-15(10-4-5-23(20,21)8-10)13(17)7-22-12-3-2-9(16(18)19)6-11(12)14/h2-3,6,10H,4-5,7-8H2,1H3. The Bertz CT molecular complexity index is 736. The zero-order valence-corrected chi connectivity index (χ0v) is 13.8. The highest BCUT2D eigenvalue weighted by Crippen LogP contribution is 2.28. The molecule has 1 aliphatic rings. The Morgan fingerprint density at radius 2 is 2.22 bits per heavy atom. The van der Waals surface area contributed by atoms with Gasteiger partial charge in [-0.3, -0.25) is 14.9 Å². The first-order valence-electron chi connectivity index (χ1n) is 6.72. The Morgan fingerprint density at radius 3 is 2.74 bits per heavy atom. The number of hydrogen-bond donors (Lipinski definition) is 0. The van der Waals surface area contributed by atoms with E-state index in [1.165, 1.54) is 24.1 Å². The molecule has 0 bridgehead atoms. The van der Waals surface area contributed by atoms with E-state index in [2.05, 4.69) is 0 Å². The number of rotatable bonds is 5. The molecule has 23 heavy (non-hydrogen) atoms. The summed E-state index contributed by atoms with van der Waals surface area (Å²) in [5.41, 5.74) is -0.179. The molecule has 0 aromatic heterocycles. The fourth-order valence-electron chi connectivity index (χ4n) is 2.25. The van der Waals surface area contributed by atoms with Crippen LogP contribution in [-0.4, -0.2) is 55.4 Å². The van der Waals surface area contributed by atoms with Crippen molar-refractivity contribution >= 4 is 33.0 Å². The Labute approximate surface area is 138 Å². The average Bonchev–Trinajstić information content (AvgIpc) is 2.84. The number of benzene rings is 1. The van der Waals surface area contributed by atoms with Crippen LogP contribution in [0, 0.1) is 10.1 Å². The molecule has 1 aliphatic heterocycles. The van der Waals surface area contributed by atoms with Crippen LogP contribution < -0.4 is 4.74 Å². The highest BCUT2D eigenvalue weighted by molar-refractivity contribution is 7.91. The normalized spacial score (nSPS) is 19.3. The van der Waals surface area contributed by atoms with Crippen LogP contribution in [0.4, 0.5) is 5.69 Å². The molecule has 0 aliphatic carbocycles. The first-order chi connectivity index (χ1) is 10.7. The zero-order chi connectivity index (χ0) is 17.2. The van der Waals surface area contributed by atoms with Crippen molar-refractivity contribution in [2.45, 2.75) is 12.5 Å². The van der Waals surface area contributed by atoms with E-state index in [4.69, 9.17) is 16.3 Å². The van der Waals surface area contributed by atoms with E-state index in [-0.39, 0.29) is 46.5 Å². The highest BCUT2D eigenvalue weighted by atomic mass is 35.5. The lowest BCUT2D eigenvalue weighted by Gasteiger charge is -2.23. The monoisotopic (exact) mass is 362 g/mol. The second kappa shape index (κ2) is 6.71. The molecule has 0 radical (unpaired) electrons. The number of amides is 1. The van der Waals surface area contributed by atoms with Crippen molar-refractivity contribution in [2.24, 2.45) is 0 Å². The minimum Gasteiger partial charge on any atom is -0.482 e. The minimum atomic E-state index is -3.08. The highest BCUT2D eigenvalue weighted by Gasteiger charge is 2.32. The molecule has 10 heteroatoms. The maximum absolute atomic E-state index is 12.1. The van der Waals surface area contributed by atoms with Gasteiger partial charge < -0.3 is 9.64 Å². The Balaban J connectivity index is 1.95. The number of nitrogens with zero attached hydrogens (tertiary/aromatic N) is 2. The van der Waals surface area contributed by atoms with Crippen LogP contribution in [0.25, 0.3) is 0 Å². The van der Waals surface area contributed by atoms with Crippen molar-refractivity contribution in [3.05, 3.63) is 33.3 Å². The maximum atomic E-state index is 12.1. The Hall–Kier alpha value is -1.87. The van der Waals surface area contributed by atoms with Crippen LogP contribution in [0.1, 0.15) is 6.42 Å². The molecule has 1 atom stereocenters. The van der Waals surface area contributed by atoms with Gasteiger partial charge in [0.25, 0.3) is 11.6 Å². The molecule has 1 aromatic carbocycles. The molecule has 1 amide bonds. The minimum absolute atomic E-state index is 0.0260. The largest absolute Gasteiger partial charge is 0.482 e. The summed E-state index contributed by atoms with van der Waals surface area (Å²) in [6, 6.07) is 3.31. The van der Waals surface area contributed by atoms with Crippen molar-refractivity contribution in [3.8, 4) is 5.75 Å². The maximum Gasteiger partial charge on any atom is 0.271 e. The third kappa shape index (κ3) is 4.32. The molecule has 0 saturated carbocycles. The first kappa shape index (κ1) is 17.5. The molecule has 126 valence electrons. The van der Waals surface area contributed by atoms with Gasteiger partial charge in [0.1, 0.15) is 5.75 Å². The molecule has 1 aromatic rings. The second-order valence-electron chi connectivity index (χ2n) is 5.22. The van der Waals surface area contributed by atoms with Gasteiger partial charge in [0, 0.05) is 25.2 Å². The quantitative estimate of drug-likeness (QED) is 0.576. The molecular formula is C13H15ClN2O6S. The molecule has 0 N–H and O–H groups in total. The van der Waals surface area contributed by atoms with Crippen molar-refractivity contribution < 1.29 is 22.9 Å². The molecule has 8 nitrogen and oxygen atoms in total. The van der Waals surface area contributed by atoms with Crippen LogP contribution in [0.5, 0.6) is 5.75 Å². The predicted octanol–water partition coefficient (Wildman–Crippen LogP) is 1.27. The van der Waals surface area contributed by atoms with Crippen molar-refractivity contribution in [1.82, 2.24) is 4.90 Å². The summed E-state index contributed by atoms with van der Waals surface area (Å²) in [5, 5.41) is 10.6. The van der Waals surface area contributed by atoms with Gasteiger partial charge in [-0.2, -0.15) is 0 Å². The van der Waals surface area contributed by atoms with Crippen molar-refractivity contribution in [1.29, 1.82) is 0 Å². The van der Waals surface area contributed by atoms with Gasteiger partial charge in [0.15, 0.2) is 16.4 Å². The predicted molar refractivity (Wildman–Crippen MR) is 83.4 cm³/mol. The zero-order valence-electron chi connectivity index (χ0n) is 12.3. The number of carbonyl (C=O) groups excluding carboxylic acids is 1. The molecule has 1 heterocycles. The van der Waals surface area contributed by atoms with Gasteiger partial charge in [-0.15, -0.1) is 0 Å². The first-order valence-corrected chi connectivity index (χ1v) is 8.92. The second-order valence-corrected chi connectivity index (χ2v) is 7.86. The number of halogens is 1. The van der Waals surface area contributed by atoms with E-state index in [0.717, 1.165) is 6.07 Å². The van der Waals surface area contributed by atoms with Gasteiger partial charge in [0.05, 0.1) is 21.5 Å². The fourth-order valence-corrected chi connectivity index (χ4v) is 4.25. The summed E-state index contributed by atoms with van der Waals surface area (Å²) in [7, 11) is -1.56. The molecule has 0 spiro atoms. The van der Waals surface area contributed by atoms with Gasteiger partial charge in [0.2, 0.25) is 0 Å². The van der Waals surface area contributed by atoms with Crippen LogP contribution in [0.2, 0.25) is 5.02 Å². The third-order valence-corrected chi connectivity index (χ3v) is 5.67. The van der Waals surface area contributed by atoms with E-state index in [9.17, 15) is 23.3 Å². The SMILES string of the molecule is CN(C(=O)COc1ccc([N+](=O)[O-])cc1Cl)C1CCS(=O)(=O)C1. The van der Waals surface area contributed by atoms with E-state index in [1.54, 1.807) is 0 Å². The lowest BCUT2D eigenvalue weighted by Crippen LogP contribution is -2.40. The molecule has 1 fully saturated rings. The summed E-state index contributed by atoms with van der Waals surface area (Å²) < 4.78 is 28.1. The molecular weight excluding hydrogens is 348 g/mol. The fraction of sp³-hybridized carbons (Fsp3) is 0.462. The van der Waals surface area contributed by atoms with Crippen LogP contribution >= 0.6 is 11.6 Å². The average molecular weight is 363 g/mol. The van der Waals surface area contributed by atoms with Crippen LogP contribution in [0.15, 0.2) is 18.2 Å². The number of likely N-dealkylation sites (N-methyl/N-ethyl adjacent to an activating group) is 1. The summed E-state index contributed by atoms with van der Waals surface area (Å²) in [6.07, 6.45) is 0.406. The Kier molecular flexibility index (Phi) is 5.10. The van der Waals surface area contributed by atoms with E-state index < -0.39 is 14.8 Å². The molecule has 1 unspecified atom stereocenters. The lowest BCUT2D eigenvalue weighted by atomic mass is 10.2. The number of ether oxygens (including phenoxy) is 1. The number of non-ortho nitro benzene ring substituents is 1. The smallest absolute Gasteiger partial charge is 0.271 e.